The van der Waals surface area contributed by atoms with E-state index in [2.05, 4.69) is 17.4 Å². The molecule has 0 bridgehead atoms. The Morgan fingerprint density at radius 2 is 1.62 bits per heavy atom. The Morgan fingerprint density at radius 3 is 2.17 bits per heavy atom. The lowest BCUT2D eigenvalue weighted by atomic mass is 10.0. The van der Waals surface area contributed by atoms with Crippen molar-refractivity contribution >= 4 is 6.09 Å². The summed E-state index contributed by atoms with van der Waals surface area (Å²) in [6.45, 7) is 5.29. The molecular weight excluding hydrogens is 302 g/mol. The van der Waals surface area contributed by atoms with Crippen LogP contribution in [0.15, 0.2) is 54.6 Å². The van der Waals surface area contributed by atoms with Gasteiger partial charge < -0.3 is 15.2 Å². The molecule has 0 aliphatic rings. The molecule has 4 nitrogen and oxygen atoms in total. The number of carbonyl (C=O) groups excluding carboxylic acids is 1. The predicted octanol–water partition coefficient (Wildman–Crippen LogP) is 3.78. The smallest absolute Gasteiger partial charge is 0.407 e. The van der Waals surface area contributed by atoms with Crippen molar-refractivity contribution < 1.29 is 14.6 Å². The molecule has 0 radical (unpaired) electrons. The third-order valence-corrected chi connectivity index (χ3v) is 3.48. The van der Waals surface area contributed by atoms with Crippen molar-refractivity contribution in [2.45, 2.75) is 38.8 Å². The van der Waals surface area contributed by atoms with Crippen LogP contribution in [0.5, 0.6) is 0 Å². The number of hydrogen-bond donors (Lipinski definition) is 2. The van der Waals surface area contributed by atoms with E-state index in [1.54, 1.807) is 0 Å². The van der Waals surface area contributed by atoms with Gasteiger partial charge in [-0.3, -0.25) is 0 Å². The van der Waals surface area contributed by atoms with E-state index in [1.807, 2.05) is 63.2 Å². The zero-order valence-corrected chi connectivity index (χ0v) is 14.5. The number of rotatable bonds is 5. The highest BCUT2D eigenvalue weighted by molar-refractivity contribution is 5.68. The third kappa shape index (κ3) is 5.70. The molecule has 0 aliphatic carbocycles. The van der Waals surface area contributed by atoms with Gasteiger partial charge in [-0.15, -0.1) is 0 Å². The van der Waals surface area contributed by atoms with Crippen molar-refractivity contribution in [2.24, 2.45) is 0 Å². The van der Waals surface area contributed by atoms with Crippen LogP contribution in [0, 0.1) is 0 Å². The van der Waals surface area contributed by atoms with Crippen LogP contribution in [0.3, 0.4) is 0 Å². The fraction of sp³-hybridized carbons (Fsp3) is 0.350. The van der Waals surface area contributed by atoms with Crippen LogP contribution in [-0.4, -0.2) is 29.4 Å². The van der Waals surface area contributed by atoms with Crippen molar-refractivity contribution in [3.63, 3.8) is 0 Å². The zero-order valence-electron chi connectivity index (χ0n) is 14.5. The first kappa shape index (κ1) is 18.0. The van der Waals surface area contributed by atoms with Crippen molar-refractivity contribution in [1.29, 1.82) is 0 Å². The van der Waals surface area contributed by atoms with Crippen molar-refractivity contribution in [1.82, 2.24) is 5.32 Å². The van der Waals surface area contributed by atoms with E-state index < -0.39 is 11.7 Å². The SMILES string of the molecule is CC(C)(C)OC(=O)N[C@H](CO)Cc1ccc(-c2ccccc2)cc1. The maximum Gasteiger partial charge on any atom is 0.407 e. The molecule has 0 aliphatic heterocycles. The lowest BCUT2D eigenvalue weighted by molar-refractivity contribution is 0.0483. The van der Waals surface area contributed by atoms with Gasteiger partial charge in [-0.25, -0.2) is 4.79 Å². The maximum atomic E-state index is 11.8. The second-order valence-electron chi connectivity index (χ2n) is 6.79. The minimum atomic E-state index is -0.554. The highest BCUT2D eigenvalue weighted by Crippen LogP contribution is 2.19. The summed E-state index contributed by atoms with van der Waals surface area (Å²) >= 11 is 0. The van der Waals surface area contributed by atoms with Gasteiger partial charge in [0.15, 0.2) is 0 Å². The normalized spacial score (nSPS) is 12.5. The van der Waals surface area contributed by atoms with Gasteiger partial charge in [0.1, 0.15) is 5.60 Å². The molecule has 0 spiro atoms. The molecule has 0 unspecified atom stereocenters. The molecule has 128 valence electrons. The Labute approximate surface area is 143 Å². The summed E-state index contributed by atoms with van der Waals surface area (Å²) in [7, 11) is 0. The zero-order chi connectivity index (χ0) is 17.6. The molecular formula is C20H25NO3. The summed E-state index contributed by atoms with van der Waals surface area (Å²) < 4.78 is 5.22. The summed E-state index contributed by atoms with van der Waals surface area (Å²) in [5, 5.41) is 12.2. The lowest BCUT2D eigenvalue weighted by Gasteiger charge is -2.22. The Balaban J connectivity index is 1.97. The molecule has 2 rings (SSSR count). The molecule has 1 amide bonds. The number of aliphatic hydroxyl groups is 1. The molecule has 24 heavy (non-hydrogen) atoms. The van der Waals surface area contributed by atoms with Gasteiger partial charge in [0, 0.05) is 0 Å². The fourth-order valence-electron chi connectivity index (χ4n) is 2.38. The van der Waals surface area contributed by atoms with E-state index in [9.17, 15) is 9.90 Å². The molecule has 2 aromatic carbocycles. The van der Waals surface area contributed by atoms with Crippen LogP contribution < -0.4 is 5.32 Å². The van der Waals surface area contributed by atoms with Crippen molar-refractivity contribution in [3.05, 3.63) is 60.2 Å². The highest BCUT2D eigenvalue weighted by Gasteiger charge is 2.19. The Hall–Kier alpha value is -2.33. The molecule has 0 heterocycles. The first-order valence-corrected chi connectivity index (χ1v) is 8.12. The predicted molar refractivity (Wildman–Crippen MR) is 95.8 cm³/mol. The van der Waals surface area contributed by atoms with Gasteiger partial charge in [-0.2, -0.15) is 0 Å². The highest BCUT2D eigenvalue weighted by atomic mass is 16.6. The van der Waals surface area contributed by atoms with Crippen LogP contribution in [0.2, 0.25) is 0 Å². The van der Waals surface area contributed by atoms with Gasteiger partial charge in [-0.1, -0.05) is 54.6 Å². The molecule has 0 aromatic heterocycles. The number of ether oxygens (including phenoxy) is 1. The number of hydrogen-bond acceptors (Lipinski definition) is 3. The minimum absolute atomic E-state index is 0.139. The summed E-state index contributed by atoms with van der Waals surface area (Å²) in [5.74, 6) is 0. The average molecular weight is 327 g/mol. The van der Waals surface area contributed by atoms with Crippen LogP contribution in [-0.2, 0) is 11.2 Å². The minimum Gasteiger partial charge on any atom is -0.444 e. The van der Waals surface area contributed by atoms with E-state index in [4.69, 9.17) is 4.74 Å². The monoisotopic (exact) mass is 327 g/mol. The summed E-state index contributed by atoms with van der Waals surface area (Å²) in [4.78, 5) is 11.8. The number of benzene rings is 2. The number of aliphatic hydroxyl groups excluding tert-OH is 1. The van der Waals surface area contributed by atoms with Crippen molar-refractivity contribution in [3.8, 4) is 11.1 Å². The average Bonchev–Trinajstić information content (AvgIpc) is 2.54. The Morgan fingerprint density at radius 1 is 1.04 bits per heavy atom. The Bertz CT molecular complexity index is 645. The number of carbonyl (C=O) groups is 1. The van der Waals surface area contributed by atoms with E-state index in [0.29, 0.717) is 6.42 Å². The van der Waals surface area contributed by atoms with E-state index >= 15 is 0 Å². The van der Waals surface area contributed by atoms with Crippen LogP contribution in [0.1, 0.15) is 26.3 Å². The van der Waals surface area contributed by atoms with Gasteiger partial charge in [0.05, 0.1) is 12.6 Å². The second kappa shape index (κ2) is 7.97. The van der Waals surface area contributed by atoms with Crippen LogP contribution in [0.4, 0.5) is 4.79 Å². The summed E-state index contributed by atoms with van der Waals surface area (Å²) in [6, 6.07) is 17.9. The van der Waals surface area contributed by atoms with E-state index in [0.717, 1.165) is 16.7 Å². The van der Waals surface area contributed by atoms with Gasteiger partial charge in [0.2, 0.25) is 0 Å². The van der Waals surface area contributed by atoms with Crippen molar-refractivity contribution in [2.75, 3.05) is 6.61 Å². The van der Waals surface area contributed by atoms with Gasteiger partial charge in [0.25, 0.3) is 0 Å². The van der Waals surface area contributed by atoms with Crippen LogP contribution >= 0.6 is 0 Å². The molecule has 0 fully saturated rings. The fourth-order valence-corrected chi connectivity index (χ4v) is 2.38. The Kier molecular flexibility index (Phi) is 5.99. The van der Waals surface area contributed by atoms with E-state index in [-0.39, 0.29) is 12.6 Å². The standard InChI is InChI=1S/C20H25NO3/c1-20(2,3)24-19(23)21-18(14-22)13-15-9-11-17(12-10-15)16-7-5-4-6-8-16/h4-12,18,22H,13-14H2,1-3H3,(H,21,23)/t18-/m0/s1. The first-order chi connectivity index (χ1) is 11.4. The molecule has 0 saturated carbocycles. The summed E-state index contributed by atoms with van der Waals surface area (Å²) in [6.07, 6.45) is 0.0348. The maximum absolute atomic E-state index is 11.8. The topological polar surface area (TPSA) is 58.6 Å². The lowest BCUT2D eigenvalue weighted by Crippen LogP contribution is -2.42. The first-order valence-electron chi connectivity index (χ1n) is 8.12. The van der Waals surface area contributed by atoms with Gasteiger partial charge >= 0.3 is 6.09 Å². The number of nitrogens with one attached hydrogen (secondary N) is 1. The molecule has 0 saturated heterocycles. The van der Waals surface area contributed by atoms with Gasteiger partial charge in [-0.05, 0) is 43.9 Å². The number of alkyl carbamates (subject to hydrolysis) is 1. The quantitative estimate of drug-likeness (QED) is 0.878. The number of amides is 1. The summed E-state index contributed by atoms with van der Waals surface area (Å²) in [5.41, 5.74) is 2.79. The largest absolute Gasteiger partial charge is 0.444 e. The second-order valence-corrected chi connectivity index (χ2v) is 6.79. The van der Waals surface area contributed by atoms with Crippen LogP contribution in [0.25, 0.3) is 11.1 Å². The molecule has 1 atom stereocenters. The molecule has 2 aromatic rings. The molecule has 4 heteroatoms. The third-order valence-electron chi connectivity index (χ3n) is 3.48. The van der Waals surface area contributed by atoms with E-state index in [1.165, 1.54) is 0 Å². The molecule has 2 N–H and O–H groups in total.